The molecule has 1 aliphatic heterocycles. The zero-order chi connectivity index (χ0) is 23.2. The second kappa shape index (κ2) is 8.72. The lowest BCUT2D eigenvalue weighted by Crippen LogP contribution is -2.55. The van der Waals surface area contributed by atoms with Gasteiger partial charge in [-0.05, 0) is 29.2 Å². The molecule has 9 heteroatoms. The van der Waals surface area contributed by atoms with Gasteiger partial charge in [-0.3, -0.25) is 0 Å². The van der Waals surface area contributed by atoms with E-state index in [2.05, 4.69) is 0 Å². The molecule has 4 radical (unpaired) electrons. The molecule has 4 N–H and O–H groups in total. The van der Waals surface area contributed by atoms with Gasteiger partial charge < -0.3 is 34.6 Å². The Kier molecular flexibility index (Phi) is 6.31. The summed E-state index contributed by atoms with van der Waals surface area (Å²) in [4.78, 5) is 0. The summed E-state index contributed by atoms with van der Waals surface area (Å²) in [5.41, 5.74) is 4.28. The summed E-state index contributed by atoms with van der Waals surface area (Å²) in [7, 11) is 15.2. The van der Waals surface area contributed by atoms with Crippen molar-refractivity contribution < 1.29 is 34.6 Å². The van der Waals surface area contributed by atoms with Crippen LogP contribution in [0.3, 0.4) is 0 Å². The predicted molar refractivity (Wildman–Crippen MR) is 118 cm³/mol. The van der Waals surface area contributed by atoms with Gasteiger partial charge in [-0.2, -0.15) is 0 Å². The van der Waals surface area contributed by atoms with Crippen LogP contribution in [0.4, 0.5) is 0 Å². The average Bonchev–Trinajstić information content (AvgIpc) is 2.78. The molecule has 4 rings (SSSR count). The van der Waals surface area contributed by atoms with E-state index < -0.39 is 42.3 Å². The Morgan fingerprint density at radius 3 is 2.34 bits per heavy atom. The summed E-state index contributed by atoms with van der Waals surface area (Å²) in [6, 6.07) is 9.46. The van der Waals surface area contributed by atoms with Gasteiger partial charge in [0, 0.05) is 18.1 Å². The molecule has 0 spiro atoms. The van der Waals surface area contributed by atoms with Gasteiger partial charge in [-0.25, -0.2) is 0 Å². The summed E-state index contributed by atoms with van der Waals surface area (Å²) in [6.45, 7) is -0.512. The molecule has 0 aromatic heterocycles. The largest absolute Gasteiger partial charge is 0.496 e. The van der Waals surface area contributed by atoms with Crippen LogP contribution >= 0.6 is 0 Å². The molecule has 5 atom stereocenters. The van der Waals surface area contributed by atoms with Crippen LogP contribution in [0.15, 0.2) is 30.3 Å². The number of hydrogen-bond donors (Lipinski definition) is 4. The standard InChI is InChI=1S/C23H26B2O7/c1-30-16-8-17(31-2)14(22-21(29)20(28)19(27)18(10-26)32-22)7-13(16)5-11-3-4-12-9-23(24,25)15(12)6-11/h3-4,6-8,18-22,26-29H,5,9-10H2,1-2H3/t18-,19-,20+,21-,22+/m1/s1. The molecule has 2 aromatic rings. The third-order valence-corrected chi connectivity index (χ3v) is 6.38. The summed E-state index contributed by atoms with van der Waals surface area (Å²) in [5, 5.41) is 39.7. The predicted octanol–water partition coefficient (Wildman–Crippen LogP) is -0.145. The topological polar surface area (TPSA) is 109 Å². The Labute approximate surface area is 189 Å². The van der Waals surface area contributed by atoms with Crippen molar-refractivity contribution in [2.45, 2.75) is 48.6 Å². The van der Waals surface area contributed by atoms with Crippen LogP contribution in [0.25, 0.3) is 0 Å². The van der Waals surface area contributed by atoms with Crippen molar-refractivity contribution in [3.8, 4) is 11.5 Å². The van der Waals surface area contributed by atoms with E-state index in [1.54, 1.807) is 19.2 Å². The van der Waals surface area contributed by atoms with Crippen LogP contribution in [0.2, 0.25) is 0 Å². The van der Waals surface area contributed by atoms with Crippen LogP contribution in [0, 0.1) is 0 Å². The molecule has 0 amide bonds. The molecule has 0 unspecified atom stereocenters. The zero-order valence-electron chi connectivity index (χ0n) is 18.1. The first-order valence-electron chi connectivity index (χ1n) is 10.5. The minimum Gasteiger partial charge on any atom is -0.496 e. The van der Waals surface area contributed by atoms with Crippen molar-refractivity contribution in [2.75, 3.05) is 20.8 Å². The minimum atomic E-state index is -1.49. The van der Waals surface area contributed by atoms with Gasteiger partial charge in [0.15, 0.2) is 0 Å². The van der Waals surface area contributed by atoms with E-state index in [1.165, 1.54) is 7.11 Å². The van der Waals surface area contributed by atoms with Gasteiger partial charge in [-0.15, -0.1) is 0 Å². The Bertz CT molecular complexity index is 995. The number of aliphatic hydroxyl groups is 4. The highest BCUT2D eigenvalue weighted by atomic mass is 16.5. The first-order valence-corrected chi connectivity index (χ1v) is 10.5. The van der Waals surface area contributed by atoms with E-state index in [0.717, 1.165) is 22.3 Å². The lowest BCUT2D eigenvalue weighted by molar-refractivity contribution is -0.232. The van der Waals surface area contributed by atoms with Gasteiger partial charge in [0.1, 0.15) is 42.0 Å². The molecule has 32 heavy (non-hydrogen) atoms. The normalized spacial score (nSPS) is 28.5. The van der Waals surface area contributed by atoms with E-state index in [4.69, 9.17) is 29.9 Å². The van der Waals surface area contributed by atoms with E-state index in [-0.39, 0.29) is 0 Å². The van der Waals surface area contributed by atoms with Gasteiger partial charge in [0.05, 0.1) is 36.5 Å². The summed E-state index contributed by atoms with van der Waals surface area (Å²) >= 11 is 0. The van der Waals surface area contributed by atoms with Crippen LogP contribution < -0.4 is 9.47 Å². The molecule has 1 aliphatic carbocycles. The van der Waals surface area contributed by atoms with Crippen molar-refractivity contribution in [1.29, 1.82) is 0 Å². The van der Waals surface area contributed by atoms with Crippen molar-refractivity contribution >= 4 is 15.7 Å². The molecule has 2 aliphatic rings. The second-order valence-corrected chi connectivity index (χ2v) is 8.54. The van der Waals surface area contributed by atoms with Crippen molar-refractivity contribution in [2.24, 2.45) is 0 Å². The Balaban J connectivity index is 1.72. The first kappa shape index (κ1) is 23.1. The number of rotatable bonds is 6. The van der Waals surface area contributed by atoms with Gasteiger partial charge in [-0.1, -0.05) is 29.0 Å². The SMILES string of the molecule is [B]C1([B])Cc2ccc(Cc3cc([C@@H]4O[C@H](CO)[C@@H](O)[C@H](O)[C@H]4O)c(OC)cc3OC)cc21. The molecule has 7 nitrogen and oxygen atoms in total. The second-order valence-electron chi connectivity index (χ2n) is 8.54. The van der Waals surface area contributed by atoms with Crippen molar-refractivity contribution in [3.63, 3.8) is 0 Å². The fourth-order valence-electron chi connectivity index (χ4n) is 4.56. The molecule has 166 valence electrons. The quantitative estimate of drug-likeness (QED) is 0.467. The average molecular weight is 436 g/mol. The fraction of sp³-hybridized carbons (Fsp3) is 0.478. The minimum absolute atomic E-state index is 0.384. The molecular formula is C23H26B2O7. The van der Waals surface area contributed by atoms with Crippen LogP contribution in [-0.2, 0) is 22.8 Å². The third-order valence-electron chi connectivity index (χ3n) is 6.38. The summed E-state index contributed by atoms with van der Waals surface area (Å²) in [5.74, 6) is 0.958. The van der Waals surface area contributed by atoms with Crippen LogP contribution in [0.1, 0.15) is 33.9 Å². The summed E-state index contributed by atoms with van der Waals surface area (Å²) in [6.07, 6.45) is -5.28. The third kappa shape index (κ3) is 3.93. The smallest absolute Gasteiger partial charge is 0.128 e. The van der Waals surface area contributed by atoms with Crippen LogP contribution in [-0.4, -0.2) is 81.4 Å². The van der Waals surface area contributed by atoms with Crippen LogP contribution in [0.5, 0.6) is 11.5 Å². The summed E-state index contributed by atoms with van der Waals surface area (Å²) < 4.78 is 16.8. The Morgan fingerprint density at radius 2 is 1.72 bits per heavy atom. The van der Waals surface area contributed by atoms with E-state index in [9.17, 15) is 20.4 Å². The van der Waals surface area contributed by atoms with E-state index >= 15 is 0 Å². The number of methoxy groups -OCH3 is 2. The maximum Gasteiger partial charge on any atom is 0.128 e. The maximum absolute atomic E-state index is 10.6. The number of fused-ring (bicyclic) bond motifs is 1. The Morgan fingerprint density at radius 1 is 1.00 bits per heavy atom. The Hall–Kier alpha value is -2.03. The first-order chi connectivity index (χ1) is 15.2. The van der Waals surface area contributed by atoms with Crippen molar-refractivity contribution in [3.05, 3.63) is 58.1 Å². The molecule has 2 aromatic carbocycles. The molecule has 1 saturated heterocycles. The molecule has 0 saturated carbocycles. The highest BCUT2D eigenvalue weighted by Gasteiger charge is 2.45. The van der Waals surface area contributed by atoms with Gasteiger partial charge in [0.25, 0.3) is 0 Å². The lowest BCUT2D eigenvalue weighted by atomic mass is 9.42. The fourth-order valence-corrected chi connectivity index (χ4v) is 4.56. The molecular weight excluding hydrogens is 410 g/mol. The van der Waals surface area contributed by atoms with E-state index in [0.29, 0.717) is 29.9 Å². The monoisotopic (exact) mass is 436 g/mol. The molecule has 1 heterocycles. The highest BCUT2D eigenvalue weighted by Crippen LogP contribution is 2.41. The maximum atomic E-state index is 10.6. The zero-order valence-corrected chi connectivity index (χ0v) is 18.1. The highest BCUT2D eigenvalue weighted by molar-refractivity contribution is 6.41. The lowest BCUT2D eigenvalue weighted by Gasteiger charge is -2.40. The number of hydrogen-bond acceptors (Lipinski definition) is 7. The number of ether oxygens (including phenoxy) is 3. The molecule has 1 fully saturated rings. The number of aliphatic hydroxyl groups excluding tert-OH is 4. The van der Waals surface area contributed by atoms with Gasteiger partial charge >= 0.3 is 0 Å². The number of benzene rings is 2. The molecule has 0 bridgehead atoms. The van der Waals surface area contributed by atoms with Crippen molar-refractivity contribution in [1.82, 2.24) is 0 Å². The van der Waals surface area contributed by atoms with Gasteiger partial charge in [0.2, 0.25) is 0 Å². The van der Waals surface area contributed by atoms with E-state index in [1.807, 2.05) is 18.2 Å².